The molecule has 0 aliphatic heterocycles. The van der Waals surface area contributed by atoms with E-state index in [0.717, 1.165) is 28.8 Å². The van der Waals surface area contributed by atoms with E-state index in [2.05, 4.69) is 13.0 Å². The highest BCUT2D eigenvalue weighted by Crippen LogP contribution is 2.28. The van der Waals surface area contributed by atoms with Gasteiger partial charge in [0.25, 0.3) is 0 Å². The van der Waals surface area contributed by atoms with Gasteiger partial charge in [-0.1, -0.05) is 24.9 Å². The van der Waals surface area contributed by atoms with Gasteiger partial charge in [0.1, 0.15) is 0 Å². The van der Waals surface area contributed by atoms with Crippen molar-refractivity contribution in [2.75, 3.05) is 0 Å². The van der Waals surface area contributed by atoms with Gasteiger partial charge >= 0.3 is 0 Å². The van der Waals surface area contributed by atoms with Crippen LogP contribution in [0.25, 0.3) is 10.9 Å². The topological polar surface area (TPSA) is 22.0 Å². The molecule has 1 aromatic heterocycles. The van der Waals surface area contributed by atoms with Crippen LogP contribution in [0.2, 0.25) is 5.02 Å². The Morgan fingerprint density at radius 2 is 2.06 bits per heavy atom. The first kappa shape index (κ1) is 12.2. The van der Waals surface area contributed by atoms with Gasteiger partial charge in [0.15, 0.2) is 5.78 Å². The lowest BCUT2D eigenvalue weighted by atomic mass is 10.1. The van der Waals surface area contributed by atoms with E-state index >= 15 is 0 Å². The molecular formula is C14H16ClNO. The number of aryl methyl sites for hydroxylation is 2. The average molecular weight is 250 g/mol. The first-order valence-electron chi connectivity index (χ1n) is 5.83. The van der Waals surface area contributed by atoms with Gasteiger partial charge in [-0.25, -0.2) is 0 Å². The summed E-state index contributed by atoms with van der Waals surface area (Å²) in [5.41, 5.74) is 2.96. The summed E-state index contributed by atoms with van der Waals surface area (Å²) in [5, 5.41) is 1.69. The largest absolute Gasteiger partial charge is 0.341 e. The third-order valence-electron chi connectivity index (χ3n) is 3.07. The Morgan fingerprint density at radius 3 is 2.65 bits per heavy atom. The Balaban J connectivity index is 2.70. The third-order valence-corrected chi connectivity index (χ3v) is 3.38. The SMILES string of the molecule is CCCc1cc(Cl)c2cc(C(C)=O)n(C)c2c1. The number of aromatic nitrogens is 1. The van der Waals surface area contributed by atoms with Crippen LogP contribution < -0.4 is 0 Å². The van der Waals surface area contributed by atoms with Crippen LogP contribution in [-0.4, -0.2) is 10.4 Å². The van der Waals surface area contributed by atoms with E-state index < -0.39 is 0 Å². The summed E-state index contributed by atoms with van der Waals surface area (Å²) in [5.74, 6) is 0.0665. The summed E-state index contributed by atoms with van der Waals surface area (Å²) in [4.78, 5) is 11.5. The minimum atomic E-state index is 0.0665. The summed E-state index contributed by atoms with van der Waals surface area (Å²) < 4.78 is 1.92. The van der Waals surface area contributed by atoms with E-state index in [0.29, 0.717) is 5.69 Å². The predicted molar refractivity (Wildman–Crippen MR) is 71.9 cm³/mol. The summed E-state index contributed by atoms with van der Waals surface area (Å²) in [6.45, 7) is 3.72. The Kier molecular flexibility index (Phi) is 3.25. The lowest BCUT2D eigenvalue weighted by molar-refractivity contribution is 0.101. The van der Waals surface area contributed by atoms with Crippen LogP contribution in [0.15, 0.2) is 18.2 Å². The second-order valence-electron chi connectivity index (χ2n) is 4.41. The molecule has 0 spiro atoms. The fourth-order valence-electron chi connectivity index (χ4n) is 2.21. The van der Waals surface area contributed by atoms with Crippen molar-refractivity contribution >= 4 is 28.3 Å². The van der Waals surface area contributed by atoms with Gasteiger partial charge in [-0.15, -0.1) is 0 Å². The molecule has 2 aromatic rings. The zero-order valence-electron chi connectivity index (χ0n) is 10.4. The highest BCUT2D eigenvalue weighted by atomic mass is 35.5. The molecule has 0 N–H and O–H groups in total. The van der Waals surface area contributed by atoms with Crippen LogP contribution in [0.3, 0.4) is 0 Å². The molecular weight excluding hydrogens is 234 g/mol. The number of ketones is 1. The van der Waals surface area contributed by atoms with Crippen molar-refractivity contribution in [3.63, 3.8) is 0 Å². The van der Waals surface area contributed by atoms with E-state index in [-0.39, 0.29) is 5.78 Å². The molecule has 3 heteroatoms. The van der Waals surface area contributed by atoms with Crippen LogP contribution >= 0.6 is 11.6 Å². The van der Waals surface area contributed by atoms with Crippen molar-refractivity contribution in [2.24, 2.45) is 7.05 Å². The van der Waals surface area contributed by atoms with E-state index in [4.69, 9.17) is 11.6 Å². The molecule has 0 radical (unpaired) electrons. The molecule has 0 aliphatic rings. The number of nitrogens with zero attached hydrogens (tertiary/aromatic N) is 1. The first-order valence-corrected chi connectivity index (χ1v) is 6.21. The molecule has 0 aliphatic carbocycles. The lowest BCUT2D eigenvalue weighted by Crippen LogP contribution is -2.00. The number of Topliss-reactive ketones (excluding diaryl/α,β-unsaturated/α-hetero) is 1. The molecule has 0 unspecified atom stereocenters. The van der Waals surface area contributed by atoms with Crippen molar-refractivity contribution in [1.29, 1.82) is 0 Å². The molecule has 0 saturated heterocycles. The maximum atomic E-state index is 11.5. The zero-order chi connectivity index (χ0) is 12.6. The van der Waals surface area contributed by atoms with E-state index in [1.54, 1.807) is 6.92 Å². The average Bonchev–Trinajstić information content (AvgIpc) is 2.58. The van der Waals surface area contributed by atoms with Gasteiger partial charge in [-0.2, -0.15) is 0 Å². The molecule has 90 valence electrons. The van der Waals surface area contributed by atoms with Crippen molar-refractivity contribution in [1.82, 2.24) is 4.57 Å². The molecule has 0 amide bonds. The smallest absolute Gasteiger partial charge is 0.176 e. The molecule has 0 bridgehead atoms. The third kappa shape index (κ3) is 2.09. The van der Waals surface area contributed by atoms with Crippen molar-refractivity contribution in [2.45, 2.75) is 26.7 Å². The van der Waals surface area contributed by atoms with E-state index in [9.17, 15) is 4.79 Å². The molecule has 1 aromatic carbocycles. The van der Waals surface area contributed by atoms with Gasteiger partial charge in [-0.05, 0) is 30.2 Å². The van der Waals surface area contributed by atoms with Crippen LogP contribution in [0, 0.1) is 0 Å². The Hall–Kier alpha value is -1.28. The monoisotopic (exact) mass is 249 g/mol. The van der Waals surface area contributed by atoms with Gasteiger partial charge in [0.2, 0.25) is 0 Å². The van der Waals surface area contributed by atoms with Gasteiger partial charge in [-0.3, -0.25) is 4.79 Å². The van der Waals surface area contributed by atoms with Crippen molar-refractivity contribution in [3.8, 4) is 0 Å². The first-order chi connectivity index (χ1) is 8.04. The van der Waals surface area contributed by atoms with E-state index in [1.165, 1.54) is 5.56 Å². The maximum Gasteiger partial charge on any atom is 0.176 e. The molecule has 0 atom stereocenters. The van der Waals surface area contributed by atoms with Gasteiger partial charge in [0, 0.05) is 19.4 Å². The van der Waals surface area contributed by atoms with E-state index in [1.807, 2.05) is 23.7 Å². The molecule has 1 heterocycles. The number of carbonyl (C=O) groups is 1. The fourth-order valence-corrected chi connectivity index (χ4v) is 2.50. The number of halogens is 1. The van der Waals surface area contributed by atoms with Crippen molar-refractivity contribution < 1.29 is 4.79 Å². The van der Waals surface area contributed by atoms with Crippen LogP contribution in [0.1, 0.15) is 36.3 Å². The van der Waals surface area contributed by atoms with Crippen LogP contribution in [-0.2, 0) is 13.5 Å². The molecule has 0 saturated carbocycles. The van der Waals surface area contributed by atoms with Crippen LogP contribution in [0.4, 0.5) is 0 Å². The maximum absolute atomic E-state index is 11.5. The Morgan fingerprint density at radius 1 is 1.35 bits per heavy atom. The number of fused-ring (bicyclic) bond motifs is 1. The molecule has 2 rings (SSSR count). The van der Waals surface area contributed by atoms with Gasteiger partial charge in [0.05, 0.1) is 16.2 Å². The standard InChI is InChI=1S/C14H16ClNO/c1-4-5-10-6-12(15)11-8-13(9(2)17)16(3)14(11)7-10/h6-8H,4-5H2,1-3H3. The highest BCUT2D eigenvalue weighted by Gasteiger charge is 2.12. The summed E-state index contributed by atoms with van der Waals surface area (Å²) >= 11 is 6.26. The highest BCUT2D eigenvalue weighted by molar-refractivity contribution is 6.35. The van der Waals surface area contributed by atoms with Crippen LogP contribution in [0.5, 0.6) is 0 Å². The quantitative estimate of drug-likeness (QED) is 0.754. The number of hydrogen-bond donors (Lipinski definition) is 0. The van der Waals surface area contributed by atoms with Crippen molar-refractivity contribution in [3.05, 3.63) is 34.5 Å². The normalized spacial score (nSPS) is 11.1. The molecule has 2 nitrogen and oxygen atoms in total. The Bertz CT molecular complexity index is 583. The summed E-state index contributed by atoms with van der Waals surface area (Å²) in [7, 11) is 1.91. The predicted octanol–water partition coefficient (Wildman–Crippen LogP) is 3.99. The Labute approximate surface area is 106 Å². The summed E-state index contributed by atoms with van der Waals surface area (Å²) in [6, 6.07) is 5.99. The minimum absolute atomic E-state index is 0.0665. The number of benzene rings is 1. The van der Waals surface area contributed by atoms with Gasteiger partial charge < -0.3 is 4.57 Å². The number of rotatable bonds is 3. The lowest BCUT2D eigenvalue weighted by Gasteiger charge is -2.04. The second-order valence-corrected chi connectivity index (χ2v) is 4.81. The number of hydrogen-bond acceptors (Lipinski definition) is 1. The molecule has 0 fully saturated rings. The zero-order valence-corrected chi connectivity index (χ0v) is 11.1. The minimum Gasteiger partial charge on any atom is -0.341 e. The summed E-state index contributed by atoms with van der Waals surface area (Å²) in [6.07, 6.45) is 2.10. The fraction of sp³-hybridized carbons (Fsp3) is 0.357. The second kappa shape index (κ2) is 4.53. The number of carbonyl (C=O) groups excluding carboxylic acids is 1. The molecule has 17 heavy (non-hydrogen) atoms.